The Morgan fingerprint density at radius 2 is 1.96 bits per heavy atom. The molecular formula is C16H16F5N5O. The van der Waals surface area contributed by atoms with Crippen LogP contribution in [0.3, 0.4) is 0 Å². The van der Waals surface area contributed by atoms with Crippen LogP contribution in [0.25, 0.3) is 0 Å². The summed E-state index contributed by atoms with van der Waals surface area (Å²) in [5, 5.41) is 7.50. The average Bonchev–Trinajstić information content (AvgIpc) is 3.15. The van der Waals surface area contributed by atoms with E-state index in [0.29, 0.717) is 10.4 Å². The quantitative estimate of drug-likeness (QED) is 0.752. The van der Waals surface area contributed by atoms with Crippen LogP contribution in [0, 0.1) is 12.8 Å². The van der Waals surface area contributed by atoms with Crippen molar-refractivity contribution in [2.24, 2.45) is 5.92 Å². The molecule has 2 aromatic heterocycles. The summed E-state index contributed by atoms with van der Waals surface area (Å²) in [6, 6.07) is 0.0517. The molecule has 0 bridgehead atoms. The van der Waals surface area contributed by atoms with Crippen molar-refractivity contribution >= 4 is 11.7 Å². The number of hydrogen-bond donors (Lipinski definition) is 0. The van der Waals surface area contributed by atoms with Crippen molar-refractivity contribution in [3.63, 3.8) is 0 Å². The molecule has 3 heterocycles. The molecule has 0 saturated heterocycles. The van der Waals surface area contributed by atoms with Crippen molar-refractivity contribution in [2.75, 3.05) is 4.90 Å². The number of halogens is 5. The van der Waals surface area contributed by atoms with Gasteiger partial charge in [-0.05, 0) is 38.2 Å². The minimum absolute atomic E-state index is 0.0228. The highest BCUT2D eigenvalue weighted by Gasteiger charge is 2.52. The fourth-order valence-electron chi connectivity index (χ4n) is 3.61. The predicted octanol–water partition coefficient (Wildman–Crippen LogP) is 3.72. The molecule has 27 heavy (non-hydrogen) atoms. The Morgan fingerprint density at radius 1 is 1.26 bits per heavy atom. The van der Waals surface area contributed by atoms with Crippen molar-refractivity contribution < 1.29 is 26.7 Å². The number of aromatic nitrogens is 4. The summed E-state index contributed by atoms with van der Waals surface area (Å²) in [5.41, 5.74) is 0.100. The summed E-state index contributed by atoms with van der Waals surface area (Å²) in [7, 11) is 0. The summed E-state index contributed by atoms with van der Waals surface area (Å²) in [6.07, 6.45) is -2.42. The van der Waals surface area contributed by atoms with Crippen molar-refractivity contribution in [1.82, 2.24) is 19.6 Å². The Bertz CT molecular complexity index is 869. The zero-order chi connectivity index (χ0) is 19.5. The first-order valence-corrected chi connectivity index (χ1v) is 8.46. The van der Waals surface area contributed by atoms with Gasteiger partial charge in [0.05, 0.1) is 5.69 Å². The van der Waals surface area contributed by atoms with Crippen LogP contribution >= 0.6 is 0 Å². The zero-order valence-corrected chi connectivity index (χ0v) is 14.2. The molecular weight excluding hydrogens is 373 g/mol. The van der Waals surface area contributed by atoms with Crippen molar-refractivity contribution in [2.45, 2.75) is 51.0 Å². The lowest BCUT2D eigenvalue weighted by molar-refractivity contribution is -0.174. The molecule has 1 amide bonds. The molecule has 0 aromatic carbocycles. The topological polar surface area (TPSA) is 56.0 Å². The number of fused-ring (bicyclic) bond motifs is 1. The smallest absolute Gasteiger partial charge is 0.288 e. The van der Waals surface area contributed by atoms with Crippen LogP contribution in [0.5, 0.6) is 0 Å². The number of carbonyl (C=O) groups excluding carboxylic acids is 1. The van der Waals surface area contributed by atoms with Gasteiger partial charge >= 0.3 is 12.7 Å². The van der Waals surface area contributed by atoms with Gasteiger partial charge in [0.2, 0.25) is 0 Å². The maximum Gasteiger partial charge on any atom is 0.410 e. The van der Waals surface area contributed by atoms with E-state index >= 15 is 0 Å². The van der Waals surface area contributed by atoms with Crippen LogP contribution in [0.2, 0.25) is 0 Å². The molecule has 1 aliphatic heterocycles. The van der Waals surface area contributed by atoms with Crippen LogP contribution in [0.4, 0.5) is 27.8 Å². The SMILES string of the molecule is Cc1cc2n(n1)C(C(F)(F)F)CC(C1CC1)N2C(=O)c1ccn(C(F)F)n1. The van der Waals surface area contributed by atoms with Gasteiger partial charge in [-0.2, -0.15) is 32.1 Å². The predicted molar refractivity (Wildman–Crippen MR) is 83.5 cm³/mol. The van der Waals surface area contributed by atoms with Gasteiger partial charge in [0.1, 0.15) is 5.82 Å². The van der Waals surface area contributed by atoms with E-state index in [9.17, 15) is 26.7 Å². The highest BCUT2D eigenvalue weighted by atomic mass is 19.4. The van der Waals surface area contributed by atoms with E-state index in [0.717, 1.165) is 29.8 Å². The number of carbonyl (C=O) groups is 1. The number of nitrogens with zero attached hydrogens (tertiary/aromatic N) is 5. The van der Waals surface area contributed by atoms with E-state index in [-0.39, 0.29) is 23.9 Å². The number of alkyl halides is 5. The number of anilines is 1. The third-order valence-electron chi connectivity index (χ3n) is 4.97. The molecule has 2 unspecified atom stereocenters. The number of aryl methyl sites for hydroxylation is 1. The second kappa shape index (κ2) is 6.03. The van der Waals surface area contributed by atoms with Crippen molar-refractivity contribution in [1.29, 1.82) is 0 Å². The third-order valence-corrected chi connectivity index (χ3v) is 4.97. The van der Waals surface area contributed by atoms with Gasteiger partial charge in [-0.3, -0.25) is 9.69 Å². The van der Waals surface area contributed by atoms with Gasteiger partial charge in [-0.25, -0.2) is 9.36 Å². The highest BCUT2D eigenvalue weighted by molar-refractivity contribution is 6.05. The van der Waals surface area contributed by atoms with Crippen LogP contribution in [-0.4, -0.2) is 37.7 Å². The fraction of sp³-hybridized carbons (Fsp3) is 0.562. The molecule has 1 fully saturated rings. The summed E-state index contributed by atoms with van der Waals surface area (Å²) in [5.74, 6) is -0.734. The molecule has 1 aliphatic carbocycles. The molecule has 1 saturated carbocycles. The lowest BCUT2D eigenvalue weighted by Crippen LogP contribution is -2.50. The minimum Gasteiger partial charge on any atom is -0.288 e. The molecule has 6 nitrogen and oxygen atoms in total. The van der Waals surface area contributed by atoms with Crippen LogP contribution < -0.4 is 4.90 Å². The average molecular weight is 389 g/mol. The van der Waals surface area contributed by atoms with Crippen molar-refractivity contribution in [3.05, 3.63) is 29.7 Å². The van der Waals surface area contributed by atoms with Crippen LogP contribution in [-0.2, 0) is 0 Å². The number of rotatable bonds is 3. The molecule has 2 aromatic rings. The van der Waals surface area contributed by atoms with Crippen LogP contribution in [0.15, 0.2) is 18.3 Å². The molecule has 11 heteroatoms. The van der Waals surface area contributed by atoms with Crippen LogP contribution in [0.1, 0.15) is 48.0 Å². The Balaban J connectivity index is 1.77. The monoisotopic (exact) mass is 389 g/mol. The van der Waals surface area contributed by atoms with Gasteiger partial charge in [0, 0.05) is 18.3 Å². The molecule has 146 valence electrons. The lowest BCUT2D eigenvalue weighted by atomic mass is 9.97. The second-order valence-electron chi connectivity index (χ2n) is 6.92. The van der Waals surface area contributed by atoms with Gasteiger partial charge in [-0.15, -0.1) is 0 Å². The van der Waals surface area contributed by atoms with E-state index in [2.05, 4.69) is 10.2 Å². The Hall–Kier alpha value is -2.46. The summed E-state index contributed by atoms with van der Waals surface area (Å²) in [4.78, 5) is 14.2. The minimum atomic E-state index is -4.51. The first-order valence-electron chi connectivity index (χ1n) is 8.46. The normalized spacial score (nSPS) is 23.0. The maximum absolute atomic E-state index is 13.6. The first-order chi connectivity index (χ1) is 12.7. The zero-order valence-electron chi connectivity index (χ0n) is 14.2. The lowest BCUT2D eigenvalue weighted by Gasteiger charge is -2.40. The summed E-state index contributed by atoms with van der Waals surface area (Å²) in [6.45, 7) is -1.37. The largest absolute Gasteiger partial charge is 0.410 e. The van der Waals surface area contributed by atoms with Gasteiger partial charge < -0.3 is 0 Å². The van der Waals surface area contributed by atoms with E-state index in [1.807, 2.05) is 0 Å². The molecule has 2 atom stereocenters. The highest BCUT2D eigenvalue weighted by Crippen LogP contribution is 2.48. The molecule has 0 radical (unpaired) electrons. The van der Waals surface area contributed by atoms with Gasteiger partial charge in [0.15, 0.2) is 11.7 Å². The molecule has 2 aliphatic rings. The molecule has 4 rings (SSSR count). The second-order valence-corrected chi connectivity index (χ2v) is 6.92. The van der Waals surface area contributed by atoms with E-state index in [1.54, 1.807) is 6.92 Å². The Kier molecular flexibility index (Phi) is 4.00. The fourth-order valence-corrected chi connectivity index (χ4v) is 3.61. The Morgan fingerprint density at radius 3 is 2.52 bits per heavy atom. The first kappa shape index (κ1) is 17.9. The van der Waals surface area contributed by atoms with Gasteiger partial charge in [-0.1, -0.05) is 0 Å². The van der Waals surface area contributed by atoms with E-state index in [4.69, 9.17) is 0 Å². The molecule has 0 N–H and O–H groups in total. The van der Waals surface area contributed by atoms with E-state index in [1.165, 1.54) is 11.0 Å². The molecule has 0 spiro atoms. The maximum atomic E-state index is 13.6. The third kappa shape index (κ3) is 3.08. The summed E-state index contributed by atoms with van der Waals surface area (Å²) >= 11 is 0. The van der Waals surface area contributed by atoms with Crippen molar-refractivity contribution in [3.8, 4) is 0 Å². The van der Waals surface area contributed by atoms with E-state index < -0.39 is 30.7 Å². The number of hydrogen-bond acceptors (Lipinski definition) is 3. The Labute approximate surface area is 150 Å². The number of amides is 1. The summed E-state index contributed by atoms with van der Waals surface area (Å²) < 4.78 is 67.4. The standard InChI is InChI=1S/C16H16F5N5O/c1-8-6-13-25(14(27)10-4-5-24(23-10)15(17)18)11(9-2-3-9)7-12(16(19,20)21)26(13)22-8/h4-6,9,11-12,15H,2-3,7H2,1H3. The van der Waals surface area contributed by atoms with Gasteiger partial charge in [0.25, 0.3) is 5.91 Å².